The first-order valence-electron chi connectivity index (χ1n) is 10.5. The average Bonchev–Trinajstić information content (AvgIpc) is 2.77. The topological polar surface area (TPSA) is 91.9 Å². The fourth-order valence-electron chi connectivity index (χ4n) is 3.46. The Hall–Kier alpha value is -3.43. The van der Waals surface area contributed by atoms with Crippen LogP contribution in [0.4, 0.5) is 16.2 Å². The molecule has 2 aromatic carbocycles. The molecule has 2 aromatic rings. The van der Waals surface area contributed by atoms with Gasteiger partial charge in [0.1, 0.15) is 6.61 Å². The standard InChI is InChI=1S/C24H28N4O4S/c1-15-7-5-9-18(13-15)25-23(30)26-19-10-6-8-17(14-19)21-20(22(29)32-12-11-31-4)16(2)28(3)24(33)27-21/h5-10,13-14,21H,11-12H2,1-4H3,(H,27,33)(H2,25,26,30). The number of benzene rings is 2. The minimum absolute atomic E-state index is 0.147. The smallest absolute Gasteiger partial charge is 0.338 e. The Labute approximate surface area is 198 Å². The lowest BCUT2D eigenvalue weighted by molar-refractivity contribution is -0.140. The van der Waals surface area contributed by atoms with E-state index in [2.05, 4.69) is 16.0 Å². The van der Waals surface area contributed by atoms with Gasteiger partial charge in [0.05, 0.1) is 18.2 Å². The van der Waals surface area contributed by atoms with Crippen molar-refractivity contribution in [2.75, 3.05) is 38.0 Å². The third-order valence-electron chi connectivity index (χ3n) is 5.25. The van der Waals surface area contributed by atoms with Crippen molar-refractivity contribution in [1.29, 1.82) is 0 Å². The number of anilines is 2. The summed E-state index contributed by atoms with van der Waals surface area (Å²) in [6.45, 7) is 4.23. The Morgan fingerprint density at radius 3 is 2.39 bits per heavy atom. The number of amides is 2. The van der Waals surface area contributed by atoms with Crippen LogP contribution in [0.5, 0.6) is 0 Å². The van der Waals surface area contributed by atoms with Gasteiger partial charge in [-0.15, -0.1) is 0 Å². The first-order chi connectivity index (χ1) is 15.8. The monoisotopic (exact) mass is 468 g/mol. The van der Waals surface area contributed by atoms with E-state index in [4.69, 9.17) is 21.7 Å². The van der Waals surface area contributed by atoms with Gasteiger partial charge in [0, 0.05) is 31.2 Å². The Morgan fingerprint density at radius 2 is 1.73 bits per heavy atom. The predicted molar refractivity (Wildman–Crippen MR) is 132 cm³/mol. The number of aryl methyl sites for hydroxylation is 1. The molecule has 0 bridgehead atoms. The number of allylic oxidation sites excluding steroid dienone is 1. The van der Waals surface area contributed by atoms with Gasteiger partial charge in [-0.1, -0.05) is 24.3 Å². The van der Waals surface area contributed by atoms with Crippen molar-refractivity contribution < 1.29 is 19.1 Å². The largest absolute Gasteiger partial charge is 0.460 e. The lowest BCUT2D eigenvalue weighted by atomic mass is 9.95. The van der Waals surface area contributed by atoms with E-state index in [9.17, 15) is 9.59 Å². The number of hydrogen-bond acceptors (Lipinski definition) is 5. The molecule has 1 aliphatic rings. The van der Waals surface area contributed by atoms with Crippen molar-refractivity contribution in [3.63, 3.8) is 0 Å². The van der Waals surface area contributed by atoms with E-state index < -0.39 is 12.0 Å². The number of nitrogens with one attached hydrogen (secondary N) is 3. The molecule has 1 atom stereocenters. The summed E-state index contributed by atoms with van der Waals surface area (Å²) < 4.78 is 10.4. The maximum Gasteiger partial charge on any atom is 0.338 e. The van der Waals surface area contributed by atoms with Crippen LogP contribution in [-0.4, -0.2) is 49.4 Å². The quantitative estimate of drug-likeness (QED) is 0.322. The molecule has 3 rings (SSSR count). The van der Waals surface area contributed by atoms with Crippen molar-refractivity contribution in [2.45, 2.75) is 19.9 Å². The number of carbonyl (C=O) groups is 2. The van der Waals surface area contributed by atoms with Crippen LogP contribution < -0.4 is 16.0 Å². The number of thiocarbonyl (C=S) groups is 1. The van der Waals surface area contributed by atoms with Crippen LogP contribution >= 0.6 is 12.2 Å². The Kier molecular flexibility index (Phi) is 8.02. The Morgan fingerprint density at radius 1 is 1.06 bits per heavy atom. The Bertz CT molecular complexity index is 1090. The maximum absolute atomic E-state index is 12.9. The minimum atomic E-state index is -0.523. The molecule has 0 saturated carbocycles. The van der Waals surface area contributed by atoms with E-state index in [0.29, 0.717) is 34.4 Å². The van der Waals surface area contributed by atoms with Crippen molar-refractivity contribution >= 4 is 40.7 Å². The van der Waals surface area contributed by atoms with Gasteiger partial charge in [-0.3, -0.25) is 0 Å². The van der Waals surface area contributed by atoms with Crippen LogP contribution in [0.2, 0.25) is 0 Å². The summed E-state index contributed by atoms with van der Waals surface area (Å²) in [4.78, 5) is 27.1. The third-order valence-corrected chi connectivity index (χ3v) is 5.64. The molecule has 3 N–H and O–H groups in total. The molecule has 1 unspecified atom stereocenters. The number of carbonyl (C=O) groups excluding carboxylic acids is 2. The summed E-state index contributed by atoms with van der Waals surface area (Å²) in [6.07, 6.45) is 0. The highest BCUT2D eigenvalue weighted by Gasteiger charge is 2.33. The maximum atomic E-state index is 12.9. The van der Waals surface area contributed by atoms with Gasteiger partial charge in [-0.05, 0) is 61.5 Å². The SMILES string of the molecule is COCCOC(=O)C1=C(C)N(C)C(=S)NC1c1cccc(NC(=O)Nc2cccc(C)c2)c1. The van der Waals surface area contributed by atoms with E-state index in [0.717, 1.165) is 11.1 Å². The summed E-state index contributed by atoms with van der Waals surface area (Å²) in [6, 6.07) is 13.9. The molecule has 0 aliphatic carbocycles. The number of methoxy groups -OCH3 is 1. The molecule has 174 valence electrons. The first kappa shape index (κ1) is 24.2. The number of rotatable bonds is 7. The number of urea groups is 1. The van der Waals surface area contributed by atoms with Crippen LogP contribution in [0.3, 0.4) is 0 Å². The lowest BCUT2D eigenvalue weighted by Crippen LogP contribution is -2.46. The molecule has 0 fully saturated rings. The van der Waals surface area contributed by atoms with E-state index in [1.54, 1.807) is 31.2 Å². The fraction of sp³-hybridized carbons (Fsp3) is 0.292. The summed E-state index contributed by atoms with van der Waals surface area (Å²) >= 11 is 5.44. The van der Waals surface area contributed by atoms with E-state index in [1.165, 1.54) is 0 Å². The average molecular weight is 469 g/mol. The van der Waals surface area contributed by atoms with Crippen LogP contribution in [0.25, 0.3) is 0 Å². The second-order valence-electron chi connectivity index (χ2n) is 7.64. The summed E-state index contributed by atoms with van der Waals surface area (Å²) in [5.41, 5.74) is 4.23. The van der Waals surface area contributed by atoms with Gasteiger partial charge < -0.3 is 30.3 Å². The normalized spacial score (nSPS) is 15.7. The zero-order chi connectivity index (χ0) is 24.0. The second kappa shape index (κ2) is 10.9. The van der Waals surface area contributed by atoms with E-state index >= 15 is 0 Å². The van der Waals surface area contributed by atoms with Crippen LogP contribution in [-0.2, 0) is 14.3 Å². The highest BCUT2D eigenvalue weighted by molar-refractivity contribution is 7.80. The summed E-state index contributed by atoms with van der Waals surface area (Å²) in [5, 5.41) is 9.34. The fourth-order valence-corrected chi connectivity index (χ4v) is 3.71. The number of esters is 1. The van der Waals surface area contributed by atoms with Crippen LogP contribution in [0.15, 0.2) is 59.8 Å². The van der Waals surface area contributed by atoms with E-state index in [-0.39, 0.29) is 12.6 Å². The van der Waals surface area contributed by atoms with Crippen molar-refractivity contribution in [2.24, 2.45) is 0 Å². The van der Waals surface area contributed by atoms with Crippen LogP contribution in [0.1, 0.15) is 24.1 Å². The molecule has 0 radical (unpaired) electrons. The number of ether oxygens (including phenoxy) is 2. The molecule has 1 aliphatic heterocycles. The number of hydrogen-bond donors (Lipinski definition) is 3. The van der Waals surface area contributed by atoms with Gasteiger partial charge in [0.25, 0.3) is 0 Å². The second-order valence-corrected chi connectivity index (χ2v) is 8.03. The highest BCUT2D eigenvalue weighted by atomic mass is 32.1. The molecular weight excluding hydrogens is 440 g/mol. The van der Waals surface area contributed by atoms with Gasteiger partial charge in [0.2, 0.25) is 0 Å². The van der Waals surface area contributed by atoms with Crippen molar-refractivity contribution in [3.05, 3.63) is 70.9 Å². The van der Waals surface area contributed by atoms with Gasteiger partial charge in [0.15, 0.2) is 5.11 Å². The van der Waals surface area contributed by atoms with Crippen molar-refractivity contribution in [1.82, 2.24) is 10.2 Å². The van der Waals surface area contributed by atoms with Gasteiger partial charge in [-0.25, -0.2) is 9.59 Å². The lowest BCUT2D eigenvalue weighted by Gasteiger charge is -2.35. The summed E-state index contributed by atoms with van der Waals surface area (Å²) in [7, 11) is 3.33. The number of nitrogens with zero attached hydrogens (tertiary/aromatic N) is 1. The minimum Gasteiger partial charge on any atom is -0.460 e. The zero-order valence-electron chi connectivity index (χ0n) is 19.1. The van der Waals surface area contributed by atoms with Crippen molar-refractivity contribution in [3.8, 4) is 0 Å². The molecule has 2 amide bonds. The summed E-state index contributed by atoms with van der Waals surface area (Å²) in [5.74, 6) is -0.452. The molecule has 8 nitrogen and oxygen atoms in total. The molecule has 33 heavy (non-hydrogen) atoms. The third kappa shape index (κ3) is 6.09. The molecule has 0 saturated heterocycles. The molecular formula is C24H28N4O4S. The highest BCUT2D eigenvalue weighted by Crippen LogP contribution is 2.32. The molecule has 1 heterocycles. The van der Waals surface area contributed by atoms with Gasteiger partial charge in [-0.2, -0.15) is 0 Å². The van der Waals surface area contributed by atoms with Crippen LogP contribution in [0, 0.1) is 6.92 Å². The molecule has 0 aromatic heterocycles. The first-order valence-corrected chi connectivity index (χ1v) is 10.9. The molecule has 0 spiro atoms. The zero-order valence-corrected chi connectivity index (χ0v) is 19.9. The predicted octanol–water partition coefficient (Wildman–Crippen LogP) is 3.96. The molecule has 9 heteroatoms. The van der Waals surface area contributed by atoms with E-state index in [1.807, 2.05) is 50.2 Å². The Balaban J connectivity index is 1.82. The van der Waals surface area contributed by atoms with Gasteiger partial charge >= 0.3 is 12.0 Å².